The van der Waals surface area contributed by atoms with Crippen molar-refractivity contribution in [2.24, 2.45) is 5.10 Å². The van der Waals surface area contributed by atoms with Crippen LogP contribution in [0.5, 0.6) is 0 Å². The monoisotopic (exact) mass is 483 g/mol. The Morgan fingerprint density at radius 3 is 2.66 bits per heavy atom. The zero-order valence-electron chi connectivity index (χ0n) is 20.3. The van der Waals surface area contributed by atoms with Gasteiger partial charge in [0.15, 0.2) is 6.04 Å². The van der Waals surface area contributed by atoms with Gasteiger partial charge in [-0.25, -0.2) is 18.6 Å². The summed E-state index contributed by atoms with van der Waals surface area (Å²) >= 11 is 0. The van der Waals surface area contributed by atoms with Crippen molar-refractivity contribution in [3.05, 3.63) is 65.0 Å². The van der Waals surface area contributed by atoms with Crippen LogP contribution in [-0.4, -0.2) is 44.9 Å². The Hall–Kier alpha value is -3.23. The molecule has 186 valence electrons. The fourth-order valence-electron chi connectivity index (χ4n) is 5.31. The molecule has 2 aliphatic heterocycles. The zero-order chi connectivity index (χ0) is 24.7. The van der Waals surface area contributed by atoms with Crippen LogP contribution in [0.4, 0.5) is 8.78 Å². The van der Waals surface area contributed by atoms with Crippen LogP contribution in [-0.2, 0) is 9.53 Å². The maximum absolute atomic E-state index is 14.2. The molecule has 1 aromatic rings. The first-order valence-electron chi connectivity index (χ1n) is 12.2. The van der Waals surface area contributed by atoms with Crippen LogP contribution in [0.25, 0.3) is 0 Å². The van der Waals surface area contributed by atoms with Crippen molar-refractivity contribution >= 4 is 12.3 Å². The van der Waals surface area contributed by atoms with Gasteiger partial charge >= 0.3 is 5.97 Å². The first-order valence-corrected chi connectivity index (χ1v) is 12.2. The number of halogens is 2. The van der Waals surface area contributed by atoms with Gasteiger partial charge in [-0.05, 0) is 76.7 Å². The number of carbonyl (C=O) groups excluding carboxylic acids is 1. The van der Waals surface area contributed by atoms with E-state index < -0.39 is 17.6 Å². The topological polar surface area (TPSA) is 70.1 Å². The number of hydrazone groups is 1. The third-order valence-electron chi connectivity index (χ3n) is 6.89. The van der Waals surface area contributed by atoms with E-state index in [2.05, 4.69) is 15.4 Å². The molecule has 0 saturated heterocycles. The van der Waals surface area contributed by atoms with E-state index in [1.165, 1.54) is 12.1 Å². The predicted molar refractivity (Wildman–Crippen MR) is 128 cm³/mol. The van der Waals surface area contributed by atoms with Gasteiger partial charge in [0, 0.05) is 30.4 Å². The molecular weight excluding hydrogens is 452 g/mol. The lowest BCUT2D eigenvalue weighted by atomic mass is 9.83. The molecule has 0 amide bonds. The van der Waals surface area contributed by atoms with E-state index in [4.69, 9.17) is 4.74 Å². The second-order valence-electron chi connectivity index (χ2n) is 10.5. The van der Waals surface area contributed by atoms with Crippen molar-refractivity contribution in [1.29, 1.82) is 0 Å². The smallest absolute Gasteiger partial charge is 0.334 e. The van der Waals surface area contributed by atoms with Crippen molar-refractivity contribution in [3.63, 3.8) is 0 Å². The molecule has 0 aromatic carbocycles. The lowest BCUT2D eigenvalue weighted by Crippen LogP contribution is -2.45. The van der Waals surface area contributed by atoms with E-state index in [1.807, 2.05) is 30.7 Å². The summed E-state index contributed by atoms with van der Waals surface area (Å²) < 4.78 is 34.1. The zero-order valence-corrected chi connectivity index (χ0v) is 20.3. The number of nitrogens with zero attached hydrogens (tertiary/aromatic N) is 4. The van der Waals surface area contributed by atoms with Crippen molar-refractivity contribution in [2.75, 3.05) is 0 Å². The summed E-state index contributed by atoms with van der Waals surface area (Å²) in [6.45, 7) is 5.50. The van der Waals surface area contributed by atoms with Crippen molar-refractivity contribution < 1.29 is 18.3 Å². The van der Waals surface area contributed by atoms with Crippen LogP contribution in [0.15, 0.2) is 58.6 Å². The minimum Gasteiger partial charge on any atom is -0.458 e. The average molecular weight is 484 g/mol. The van der Waals surface area contributed by atoms with Crippen molar-refractivity contribution in [3.8, 4) is 0 Å². The fourth-order valence-corrected chi connectivity index (χ4v) is 5.31. The minimum absolute atomic E-state index is 0.0768. The first kappa shape index (κ1) is 23.5. The van der Waals surface area contributed by atoms with E-state index in [1.54, 1.807) is 24.8 Å². The van der Waals surface area contributed by atoms with Gasteiger partial charge in [0.1, 0.15) is 29.4 Å². The maximum atomic E-state index is 14.2. The van der Waals surface area contributed by atoms with Gasteiger partial charge in [-0.1, -0.05) is 0 Å². The third-order valence-corrected chi connectivity index (χ3v) is 6.89. The molecule has 2 aliphatic carbocycles. The van der Waals surface area contributed by atoms with Crippen molar-refractivity contribution in [2.45, 2.75) is 82.9 Å². The number of fused-ring (bicyclic) bond motifs is 1. The van der Waals surface area contributed by atoms with Crippen LogP contribution in [0.3, 0.4) is 0 Å². The summed E-state index contributed by atoms with van der Waals surface area (Å²) in [5.41, 5.74) is 1.25. The first-order chi connectivity index (χ1) is 16.7. The molecule has 1 atom stereocenters. The standard InChI is InChI=1S/C26H31F2N5O2/c1-26(2,3)35-25(34)24-19-11-8-17(27)13-21(19)30-14-22-32(24)15-31-33(22)18-9-6-16(7-10-18)23-20(28)5-4-12-29-23/h4-5,12-16,18,24,30H,6-11H2,1-3H3. The maximum Gasteiger partial charge on any atom is 0.334 e. The number of aromatic nitrogens is 1. The van der Waals surface area contributed by atoms with Crippen LogP contribution >= 0.6 is 0 Å². The molecule has 1 fully saturated rings. The van der Waals surface area contributed by atoms with Gasteiger partial charge in [0.05, 0.1) is 11.7 Å². The Morgan fingerprint density at radius 2 is 1.94 bits per heavy atom. The van der Waals surface area contributed by atoms with Crippen molar-refractivity contribution in [1.82, 2.24) is 20.2 Å². The Balaban J connectivity index is 1.38. The molecule has 1 unspecified atom stereocenters. The van der Waals surface area contributed by atoms with Crippen LogP contribution in [0.2, 0.25) is 0 Å². The van der Waals surface area contributed by atoms with Crippen LogP contribution in [0, 0.1) is 5.82 Å². The molecule has 1 aromatic heterocycles. The number of allylic oxidation sites excluding steroid dienone is 2. The Morgan fingerprint density at radius 1 is 1.17 bits per heavy atom. The molecule has 35 heavy (non-hydrogen) atoms. The number of hydrogen-bond acceptors (Lipinski definition) is 7. The van der Waals surface area contributed by atoms with E-state index in [-0.39, 0.29) is 30.0 Å². The summed E-state index contributed by atoms with van der Waals surface area (Å²) in [5, 5.41) is 9.80. The second kappa shape index (κ2) is 9.09. The number of ether oxygens (including phenoxy) is 1. The van der Waals surface area contributed by atoms with Crippen LogP contribution < -0.4 is 5.32 Å². The third kappa shape index (κ3) is 4.68. The lowest BCUT2D eigenvalue weighted by molar-refractivity contribution is -0.158. The normalized spacial score (nSPS) is 26.4. The highest BCUT2D eigenvalue weighted by molar-refractivity contribution is 5.85. The molecule has 9 heteroatoms. The van der Waals surface area contributed by atoms with E-state index in [0.717, 1.165) is 37.1 Å². The Kier molecular flexibility index (Phi) is 6.11. The number of esters is 1. The molecule has 1 saturated carbocycles. The van der Waals surface area contributed by atoms with Gasteiger partial charge in [-0.3, -0.25) is 9.88 Å². The summed E-state index contributed by atoms with van der Waals surface area (Å²) in [6, 6.07) is 2.43. The summed E-state index contributed by atoms with van der Waals surface area (Å²) in [7, 11) is 0. The highest BCUT2D eigenvalue weighted by Crippen LogP contribution is 2.40. The van der Waals surface area contributed by atoms with Gasteiger partial charge in [-0.15, -0.1) is 0 Å². The number of rotatable bonds is 3. The molecule has 4 aliphatic rings. The lowest BCUT2D eigenvalue weighted by Gasteiger charge is -2.36. The van der Waals surface area contributed by atoms with E-state index in [9.17, 15) is 13.6 Å². The Labute approximate surface area is 204 Å². The molecule has 0 spiro atoms. The fraction of sp³-hybridized carbons (Fsp3) is 0.500. The molecule has 0 bridgehead atoms. The highest BCUT2D eigenvalue weighted by Gasteiger charge is 2.43. The Bertz CT molecular complexity index is 1130. The predicted octanol–water partition coefficient (Wildman–Crippen LogP) is 4.82. The molecule has 1 N–H and O–H groups in total. The number of carbonyl (C=O) groups is 1. The number of nitrogens with one attached hydrogen (secondary N) is 1. The molecule has 5 rings (SSSR count). The largest absolute Gasteiger partial charge is 0.458 e. The highest BCUT2D eigenvalue weighted by atomic mass is 19.1. The SMILES string of the molecule is CC(C)(C)OC(=O)C1C2=C(C=C(F)CC2)NC=C2N1C=NN2C1CCC(c2ncccc2F)CC1. The van der Waals surface area contributed by atoms with Gasteiger partial charge < -0.3 is 10.1 Å². The molecule has 0 radical (unpaired) electrons. The quantitative estimate of drug-likeness (QED) is 0.622. The minimum atomic E-state index is -0.734. The average Bonchev–Trinajstić information content (AvgIpc) is 3.14. The summed E-state index contributed by atoms with van der Waals surface area (Å²) in [5.74, 6) is -0.0677. The molecule has 7 nitrogen and oxygen atoms in total. The molecular formula is C26H31F2N5O2. The van der Waals surface area contributed by atoms with Gasteiger partial charge in [0.25, 0.3) is 0 Å². The second-order valence-corrected chi connectivity index (χ2v) is 10.5. The van der Waals surface area contributed by atoms with Gasteiger partial charge in [0.2, 0.25) is 0 Å². The molecule has 3 heterocycles. The van der Waals surface area contributed by atoms with Crippen LogP contribution in [0.1, 0.15) is 70.9 Å². The number of pyridine rings is 1. The number of hydrogen-bond donors (Lipinski definition) is 1. The van der Waals surface area contributed by atoms with Gasteiger partial charge in [-0.2, -0.15) is 5.10 Å². The van der Waals surface area contributed by atoms with E-state index >= 15 is 0 Å². The summed E-state index contributed by atoms with van der Waals surface area (Å²) in [6.07, 6.45) is 10.4. The van der Waals surface area contributed by atoms with E-state index in [0.29, 0.717) is 17.8 Å². The summed E-state index contributed by atoms with van der Waals surface area (Å²) in [4.78, 5) is 19.5.